The Bertz CT molecular complexity index is 971. The summed E-state index contributed by atoms with van der Waals surface area (Å²) in [6, 6.07) is 12.3. The molecule has 2 bridgehead atoms. The van der Waals surface area contributed by atoms with E-state index in [1.165, 1.54) is 4.90 Å². The van der Waals surface area contributed by atoms with E-state index in [4.69, 9.17) is 27.9 Å². The van der Waals surface area contributed by atoms with E-state index in [1.807, 2.05) is 6.07 Å². The average Bonchev–Trinajstić information content (AvgIpc) is 3.36. The molecule has 3 aliphatic rings. The molecule has 6 heteroatoms. The number of carbonyl (C=O) groups is 2. The van der Waals surface area contributed by atoms with Crippen LogP contribution < -0.4 is 9.64 Å². The summed E-state index contributed by atoms with van der Waals surface area (Å²) >= 11 is 12.1. The molecule has 4 atom stereocenters. The average molecular weight is 414 g/mol. The maximum absolute atomic E-state index is 12.9. The van der Waals surface area contributed by atoms with Gasteiger partial charge in [0.2, 0.25) is 11.8 Å². The highest BCUT2D eigenvalue weighted by Gasteiger charge is 2.59. The summed E-state index contributed by atoms with van der Waals surface area (Å²) in [6.07, 6.45) is 5.12. The zero-order chi connectivity index (χ0) is 19.4. The Kier molecular flexibility index (Phi) is 4.22. The first-order chi connectivity index (χ1) is 13.5. The fraction of sp³-hybridized carbons (Fsp3) is 0.273. The van der Waals surface area contributed by atoms with E-state index in [1.54, 1.807) is 36.4 Å². The van der Waals surface area contributed by atoms with Crippen LogP contribution >= 0.6 is 23.2 Å². The van der Waals surface area contributed by atoms with Crippen molar-refractivity contribution in [1.29, 1.82) is 0 Å². The molecule has 0 unspecified atom stereocenters. The van der Waals surface area contributed by atoms with Crippen molar-refractivity contribution in [3.05, 3.63) is 70.2 Å². The van der Waals surface area contributed by atoms with Crippen LogP contribution in [0.15, 0.2) is 54.6 Å². The van der Waals surface area contributed by atoms with E-state index < -0.39 is 0 Å². The van der Waals surface area contributed by atoms with E-state index in [0.29, 0.717) is 28.1 Å². The van der Waals surface area contributed by atoms with Crippen LogP contribution in [0, 0.1) is 23.7 Å². The molecule has 2 aliphatic carbocycles. The van der Waals surface area contributed by atoms with Crippen molar-refractivity contribution < 1.29 is 14.3 Å². The zero-order valence-corrected chi connectivity index (χ0v) is 16.4. The van der Waals surface area contributed by atoms with Crippen molar-refractivity contribution in [1.82, 2.24) is 0 Å². The SMILES string of the molecule is O=C1[C@@H]2[C@@H](C(=O)N1c1ccc(OCc3ccc(Cl)cc3Cl)cc1)[C@H]1C=C[C@H]2C1. The van der Waals surface area contributed by atoms with Gasteiger partial charge in [-0.2, -0.15) is 0 Å². The number of hydrogen-bond acceptors (Lipinski definition) is 3. The molecule has 2 aromatic carbocycles. The molecule has 28 heavy (non-hydrogen) atoms. The maximum Gasteiger partial charge on any atom is 0.238 e. The molecule has 1 heterocycles. The van der Waals surface area contributed by atoms with Crippen molar-refractivity contribution in [2.45, 2.75) is 13.0 Å². The lowest BCUT2D eigenvalue weighted by Crippen LogP contribution is -2.32. The highest BCUT2D eigenvalue weighted by atomic mass is 35.5. The monoisotopic (exact) mass is 413 g/mol. The molecule has 0 N–H and O–H groups in total. The lowest BCUT2D eigenvalue weighted by Gasteiger charge is -2.17. The van der Waals surface area contributed by atoms with E-state index >= 15 is 0 Å². The third-order valence-corrected chi connectivity index (χ3v) is 6.56. The van der Waals surface area contributed by atoms with Crippen LogP contribution in [0.2, 0.25) is 10.0 Å². The Morgan fingerprint density at radius 3 is 2.18 bits per heavy atom. The summed E-state index contributed by atoms with van der Waals surface area (Å²) in [6.45, 7) is 0.302. The highest BCUT2D eigenvalue weighted by molar-refractivity contribution is 6.35. The van der Waals surface area contributed by atoms with Gasteiger partial charge >= 0.3 is 0 Å². The van der Waals surface area contributed by atoms with Crippen molar-refractivity contribution in [3.8, 4) is 5.75 Å². The van der Waals surface area contributed by atoms with Crippen LogP contribution in [0.5, 0.6) is 5.75 Å². The Labute approximate surface area is 172 Å². The van der Waals surface area contributed by atoms with Crippen molar-refractivity contribution in [3.63, 3.8) is 0 Å². The molecule has 142 valence electrons. The van der Waals surface area contributed by atoms with Crippen LogP contribution in [-0.4, -0.2) is 11.8 Å². The number of amides is 2. The van der Waals surface area contributed by atoms with Gasteiger partial charge in [0, 0.05) is 15.6 Å². The molecule has 0 radical (unpaired) electrons. The highest BCUT2D eigenvalue weighted by Crippen LogP contribution is 2.53. The molecule has 1 saturated carbocycles. The number of anilines is 1. The van der Waals surface area contributed by atoms with Gasteiger partial charge in [-0.05, 0) is 54.7 Å². The second-order valence-corrected chi connectivity index (χ2v) is 8.37. The summed E-state index contributed by atoms with van der Waals surface area (Å²) in [5, 5.41) is 1.12. The van der Waals surface area contributed by atoms with Crippen LogP contribution in [-0.2, 0) is 16.2 Å². The third-order valence-electron chi connectivity index (χ3n) is 5.97. The Hall–Kier alpha value is -2.30. The molecule has 4 nitrogen and oxygen atoms in total. The second-order valence-electron chi connectivity index (χ2n) is 7.53. The molecule has 5 rings (SSSR count). The summed E-state index contributed by atoms with van der Waals surface area (Å²) in [7, 11) is 0. The van der Waals surface area contributed by atoms with Gasteiger partial charge in [-0.15, -0.1) is 0 Å². The molecule has 0 aromatic heterocycles. The van der Waals surface area contributed by atoms with E-state index in [-0.39, 0.29) is 35.5 Å². The largest absolute Gasteiger partial charge is 0.489 e. The van der Waals surface area contributed by atoms with Crippen LogP contribution in [0.1, 0.15) is 12.0 Å². The summed E-state index contributed by atoms with van der Waals surface area (Å²) in [5.74, 6) is 0.528. The summed E-state index contributed by atoms with van der Waals surface area (Å²) in [4.78, 5) is 27.1. The number of carbonyl (C=O) groups excluding carboxylic acids is 2. The van der Waals surface area contributed by atoms with Crippen LogP contribution in [0.25, 0.3) is 0 Å². The van der Waals surface area contributed by atoms with Crippen LogP contribution in [0.3, 0.4) is 0 Å². The lowest BCUT2D eigenvalue weighted by atomic mass is 9.85. The number of imide groups is 1. The number of allylic oxidation sites excluding steroid dienone is 2. The zero-order valence-electron chi connectivity index (χ0n) is 14.8. The van der Waals surface area contributed by atoms with Crippen LogP contribution in [0.4, 0.5) is 5.69 Å². The van der Waals surface area contributed by atoms with E-state index in [2.05, 4.69) is 12.2 Å². The van der Waals surface area contributed by atoms with Gasteiger partial charge < -0.3 is 4.74 Å². The van der Waals surface area contributed by atoms with Gasteiger partial charge in [0.25, 0.3) is 0 Å². The fourth-order valence-electron chi connectivity index (χ4n) is 4.65. The summed E-state index contributed by atoms with van der Waals surface area (Å²) in [5.41, 5.74) is 1.43. The first-order valence-electron chi connectivity index (χ1n) is 9.26. The number of benzene rings is 2. The van der Waals surface area contributed by atoms with Gasteiger partial charge in [-0.1, -0.05) is 41.4 Å². The maximum atomic E-state index is 12.9. The minimum atomic E-state index is -0.189. The van der Waals surface area contributed by atoms with Gasteiger partial charge in [0.1, 0.15) is 12.4 Å². The second kappa shape index (κ2) is 6.64. The number of fused-ring (bicyclic) bond motifs is 5. The minimum absolute atomic E-state index is 0.0755. The van der Waals surface area contributed by atoms with Gasteiger partial charge in [-0.3, -0.25) is 14.5 Å². The molecule has 1 saturated heterocycles. The number of nitrogens with zero attached hydrogens (tertiary/aromatic N) is 1. The first-order valence-corrected chi connectivity index (χ1v) is 10.0. The Morgan fingerprint density at radius 2 is 1.57 bits per heavy atom. The predicted molar refractivity (Wildman–Crippen MR) is 107 cm³/mol. The number of ether oxygens (including phenoxy) is 1. The first kappa shape index (κ1) is 17.8. The van der Waals surface area contributed by atoms with Crippen molar-refractivity contribution >= 4 is 40.7 Å². The number of rotatable bonds is 4. The molecule has 2 amide bonds. The molecule has 2 aromatic rings. The number of halogens is 2. The van der Waals surface area contributed by atoms with Crippen molar-refractivity contribution in [2.75, 3.05) is 4.90 Å². The number of hydrogen-bond donors (Lipinski definition) is 0. The van der Waals surface area contributed by atoms with E-state index in [0.717, 1.165) is 12.0 Å². The minimum Gasteiger partial charge on any atom is -0.489 e. The Balaban J connectivity index is 1.30. The fourth-order valence-corrected chi connectivity index (χ4v) is 5.11. The van der Waals surface area contributed by atoms with Gasteiger partial charge in [-0.25, -0.2) is 0 Å². The predicted octanol–water partition coefficient (Wildman–Crippen LogP) is 4.88. The molecular weight excluding hydrogens is 397 g/mol. The topological polar surface area (TPSA) is 46.6 Å². The quantitative estimate of drug-likeness (QED) is 0.529. The summed E-state index contributed by atoms with van der Waals surface area (Å²) < 4.78 is 5.78. The molecule has 2 fully saturated rings. The molecule has 1 aliphatic heterocycles. The normalized spacial score (nSPS) is 27.6. The van der Waals surface area contributed by atoms with Gasteiger partial charge in [0.05, 0.1) is 17.5 Å². The van der Waals surface area contributed by atoms with Crippen molar-refractivity contribution in [2.24, 2.45) is 23.7 Å². The standard InChI is InChI=1S/C22H17Cl2NO3/c23-15-4-3-14(18(24)10-15)11-28-17-7-5-16(6-8-17)25-21(26)19-12-1-2-13(9-12)20(19)22(25)27/h1-8,10,12-13,19-20H,9,11H2/t12-,13-,19-,20-/m0/s1. The Morgan fingerprint density at radius 1 is 0.929 bits per heavy atom. The molecule has 0 spiro atoms. The molecular formula is C22H17Cl2NO3. The third kappa shape index (κ3) is 2.75. The smallest absolute Gasteiger partial charge is 0.238 e. The van der Waals surface area contributed by atoms with E-state index in [9.17, 15) is 9.59 Å². The van der Waals surface area contributed by atoms with Gasteiger partial charge in [0.15, 0.2) is 0 Å². The lowest BCUT2D eigenvalue weighted by molar-refractivity contribution is -0.123.